The number of nitriles is 1. The molecule has 0 spiro atoms. The van der Waals surface area contributed by atoms with Crippen molar-refractivity contribution in [1.29, 1.82) is 5.26 Å². The van der Waals surface area contributed by atoms with Gasteiger partial charge >= 0.3 is 5.97 Å². The van der Waals surface area contributed by atoms with Crippen molar-refractivity contribution >= 4 is 5.97 Å². The molecule has 1 heterocycles. The van der Waals surface area contributed by atoms with Crippen molar-refractivity contribution in [3.8, 4) is 6.07 Å². The molecule has 128 valence electrons. The summed E-state index contributed by atoms with van der Waals surface area (Å²) in [6, 6.07) is 19.3. The molecule has 0 N–H and O–H groups in total. The van der Waals surface area contributed by atoms with E-state index in [2.05, 4.69) is 23.1 Å². The lowest BCUT2D eigenvalue weighted by atomic mass is 10.1. The molecule has 2 aromatic carbocycles. The lowest BCUT2D eigenvalue weighted by molar-refractivity contribution is -0.155. The Morgan fingerprint density at radius 2 is 1.76 bits per heavy atom. The molecule has 3 rings (SSSR count). The highest BCUT2D eigenvalue weighted by molar-refractivity contribution is 5.81. The van der Waals surface area contributed by atoms with Gasteiger partial charge in [-0.1, -0.05) is 42.5 Å². The van der Waals surface area contributed by atoms with Gasteiger partial charge in [0.2, 0.25) is 0 Å². The quantitative estimate of drug-likeness (QED) is 0.630. The molecule has 1 aliphatic rings. The number of nitrogens with zero attached hydrogens (tertiary/aromatic N) is 2. The number of esters is 1. The third-order valence-corrected chi connectivity index (χ3v) is 4.16. The maximum atomic E-state index is 12.6. The molecule has 0 amide bonds. The average molecular weight is 334 g/mol. The smallest absolute Gasteiger partial charge is 0.325 e. The van der Waals surface area contributed by atoms with Crippen molar-refractivity contribution in [3.05, 3.63) is 71.3 Å². The Balaban J connectivity index is 1.81. The van der Waals surface area contributed by atoms with Crippen LogP contribution in [-0.4, -0.2) is 22.5 Å². The van der Waals surface area contributed by atoms with E-state index in [1.54, 1.807) is 12.1 Å². The number of carbonyl (C=O) groups is 1. The number of rotatable bonds is 4. The summed E-state index contributed by atoms with van der Waals surface area (Å²) in [4.78, 5) is 14.7. The maximum Gasteiger partial charge on any atom is 0.325 e. The molecule has 25 heavy (non-hydrogen) atoms. The van der Waals surface area contributed by atoms with E-state index in [1.807, 2.05) is 51.1 Å². The Kier molecular flexibility index (Phi) is 4.61. The molecule has 4 heteroatoms. The van der Waals surface area contributed by atoms with Gasteiger partial charge in [0.05, 0.1) is 17.7 Å². The first-order valence-corrected chi connectivity index (χ1v) is 8.41. The number of hydrogen-bond donors (Lipinski definition) is 0. The molecule has 1 saturated heterocycles. The molecule has 3 atom stereocenters. The Hall–Kier alpha value is -2.64. The number of hydrogen-bond acceptors (Lipinski definition) is 4. The minimum atomic E-state index is -0.507. The van der Waals surface area contributed by atoms with E-state index >= 15 is 0 Å². The number of carbonyl (C=O) groups excluding carboxylic acids is 1. The van der Waals surface area contributed by atoms with Crippen LogP contribution in [0.15, 0.2) is 54.6 Å². The highest BCUT2D eigenvalue weighted by atomic mass is 16.6. The van der Waals surface area contributed by atoms with Crippen LogP contribution in [0, 0.1) is 11.3 Å². The first kappa shape index (κ1) is 17.2. The summed E-state index contributed by atoms with van der Waals surface area (Å²) < 4.78 is 5.59. The highest BCUT2D eigenvalue weighted by Gasteiger charge is 2.54. The Bertz CT molecular complexity index is 785. The lowest BCUT2D eigenvalue weighted by Gasteiger charge is -2.19. The molecule has 0 aromatic heterocycles. The van der Waals surface area contributed by atoms with E-state index in [0.717, 1.165) is 11.1 Å². The predicted octanol–water partition coefficient (Wildman–Crippen LogP) is 3.83. The van der Waals surface area contributed by atoms with Gasteiger partial charge in [-0.05, 0) is 44.0 Å². The van der Waals surface area contributed by atoms with Gasteiger partial charge in [0.25, 0.3) is 0 Å². The van der Waals surface area contributed by atoms with Crippen molar-refractivity contribution in [1.82, 2.24) is 4.90 Å². The summed E-state index contributed by atoms with van der Waals surface area (Å²) in [7, 11) is 0. The summed E-state index contributed by atoms with van der Waals surface area (Å²) in [5, 5.41) is 8.96. The van der Waals surface area contributed by atoms with Crippen LogP contribution in [0.2, 0.25) is 0 Å². The van der Waals surface area contributed by atoms with E-state index in [0.29, 0.717) is 12.1 Å². The number of ether oxygens (including phenoxy) is 1. The second-order valence-electron chi connectivity index (χ2n) is 7.31. The van der Waals surface area contributed by atoms with Gasteiger partial charge in [0, 0.05) is 6.54 Å². The molecular weight excluding hydrogens is 312 g/mol. The third kappa shape index (κ3) is 4.07. The minimum absolute atomic E-state index is 0.0113. The van der Waals surface area contributed by atoms with E-state index < -0.39 is 5.60 Å². The summed E-state index contributed by atoms with van der Waals surface area (Å²) in [5.41, 5.74) is 2.30. The summed E-state index contributed by atoms with van der Waals surface area (Å²) >= 11 is 0. The van der Waals surface area contributed by atoms with Gasteiger partial charge in [-0.15, -0.1) is 0 Å². The van der Waals surface area contributed by atoms with Gasteiger partial charge < -0.3 is 4.74 Å². The summed E-state index contributed by atoms with van der Waals surface area (Å²) in [5.74, 6) is -0.196. The molecule has 2 aromatic rings. The van der Waals surface area contributed by atoms with Crippen molar-refractivity contribution in [2.75, 3.05) is 0 Å². The lowest BCUT2D eigenvalue weighted by Crippen LogP contribution is -2.28. The molecular formula is C21H22N2O2. The topological polar surface area (TPSA) is 53.1 Å². The van der Waals surface area contributed by atoms with Gasteiger partial charge in [0.15, 0.2) is 0 Å². The predicted molar refractivity (Wildman–Crippen MR) is 95.5 cm³/mol. The monoisotopic (exact) mass is 334 g/mol. The van der Waals surface area contributed by atoms with Crippen LogP contribution in [-0.2, 0) is 16.1 Å². The largest absolute Gasteiger partial charge is 0.459 e. The van der Waals surface area contributed by atoms with Crippen LogP contribution in [0.1, 0.15) is 43.5 Å². The molecule has 0 saturated carbocycles. The van der Waals surface area contributed by atoms with Crippen LogP contribution in [0.25, 0.3) is 0 Å². The van der Waals surface area contributed by atoms with Crippen molar-refractivity contribution in [2.24, 2.45) is 0 Å². The van der Waals surface area contributed by atoms with Crippen molar-refractivity contribution < 1.29 is 9.53 Å². The summed E-state index contributed by atoms with van der Waals surface area (Å²) in [6.07, 6.45) is 0. The first-order valence-electron chi connectivity index (χ1n) is 8.41. The molecule has 1 fully saturated rings. The van der Waals surface area contributed by atoms with Crippen molar-refractivity contribution in [3.63, 3.8) is 0 Å². The second kappa shape index (κ2) is 6.70. The van der Waals surface area contributed by atoms with E-state index in [4.69, 9.17) is 10.00 Å². The first-order chi connectivity index (χ1) is 11.9. The number of benzene rings is 2. The highest BCUT2D eigenvalue weighted by Crippen LogP contribution is 2.45. The van der Waals surface area contributed by atoms with Crippen LogP contribution >= 0.6 is 0 Å². The van der Waals surface area contributed by atoms with Crippen LogP contribution < -0.4 is 0 Å². The molecule has 4 nitrogen and oxygen atoms in total. The van der Waals surface area contributed by atoms with Gasteiger partial charge in [-0.25, -0.2) is 0 Å². The minimum Gasteiger partial charge on any atom is -0.459 e. The zero-order valence-corrected chi connectivity index (χ0v) is 14.8. The zero-order chi connectivity index (χ0) is 18.0. The standard InChI is InChI=1S/C21H22N2O2/c1-21(2,3)25-20(24)19-18(17-11-9-15(13-22)10-12-17)23(19)14-16-7-5-4-6-8-16/h4-12,18-19H,14H2,1-3H3/t18-,19+,23?/m0/s1. The fourth-order valence-electron chi connectivity index (χ4n) is 3.02. The Morgan fingerprint density at radius 3 is 2.32 bits per heavy atom. The Labute approximate surface area is 148 Å². The SMILES string of the molecule is CC(C)(C)OC(=O)[C@H]1[C@H](c2ccc(C#N)cc2)N1Cc1ccccc1. The maximum absolute atomic E-state index is 12.6. The fourth-order valence-corrected chi connectivity index (χ4v) is 3.02. The average Bonchev–Trinajstić information content (AvgIpc) is 3.28. The molecule has 1 aliphatic heterocycles. The summed E-state index contributed by atoms with van der Waals surface area (Å²) in [6.45, 7) is 6.33. The second-order valence-corrected chi connectivity index (χ2v) is 7.31. The normalized spacial score (nSPS) is 22.1. The third-order valence-electron chi connectivity index (χ3n) is 4.16. The van der Waals surface area contributed by atoms with E-state index in [9.17, 15) is 4.79 Å². The van der Waals surface area contributed by atoms with E-state index in [1.165, 1.54) is 0 Å². The van der Waals surface area contributed by atoms with Crippen LogP contribution in [0.3, 0.4) is 0 Å². The fraction of sp³-hybridized carbons (Fsp3) is 0.333. The van der Waals surface area contributed by atoms with Crippen LogP contribution in [0.5, 0.6) is 0 Å². The van der Waals surface area contributed by atoms with Gasteiger partial charge in [-0.3, -0.25) is 9.69 Å². The molecule has 1 unspecified atom stereocenters. The molecule has 0 aliphatic carbocycles. The van der Waals surface area contributed by atoms with Crippen LogP contribution in [0.4, 0.5) is 0 Å². The van der Waals surface area contributed by atoms with Gasteiger partial charge in [-0.2, -0.15) is 5.26 Å². The van der Waals surface area contributed by atoms with E-state index in [-0.39, 0.29) is 18.1 Å². The Morgan fingerprint density at radius 1 is 1.12 bits per heavy atom. The van der Waals surface area contributed by atoms with Crippen molar-refractivity contribution in [2.45, 2.75) is 45.0 Å². The molecule has 0 radical (unpaired) electrons. The van der Waals surface area contributed by atoms with Gasteiger partial charge in [0.1, 0.15) is 11.6 Å². The zero-order valence-electron chi connectivity index (χ0n) is 14.8. The molecule has 0 bridgehead atoms.